The van der Waals surface area contributed by atoms with Crippen LogP contribution in [0.4, 0.5) is 5.95 Å². The van der Waals surface area contributed by atoms with Crippen LogP contribution in [0.2, 0.25) is 5.02 Å². The van der Waals surface area contributed by atoms with E-state index in [4.69, 9.17) is 16.7 Å². The number of nitriles is 1. The summed E-state index contributed by atoms with van der Waals surface area (Å²) in [6.07, 6.45) is 3.92. The summed E-state index contributed by atoms with van der Waals surface area (Å²) in [4.78, 5) is 18.7. The Morgan fingerprint density at radius 3 is 2.73 bits per heavy atom. The zero-order valence-electron chi connectivity index (χ0n) is 11.4. The van der Waals surface area contributed by atoms with Crippen LogP contribution in [0.3, 0.4) is 0 Å². The van der Waals surface area contributed by atoms with Crippen molar-refractivity contribution in [2.75, 3.05) is 5.32 Å². The molecule has 0 saturated heterocycles. The molecule has 2 N–H and O–H groups in total. The van der Waals surface area contributed by atoms with Crippen molar-refractivity contribution in [3.63, 3.8) is 0 Å². The number of hydrogen-bond donors (Lipinski definition) is 2. The van der Waals surface area contributed by atoms with Gasteiger partial charge in [-0.3, -0.25) is 0 Å². The van der Waals surface area contributed by atoms with Crippen molar-refractivity contribution in [1.82, 2.24) is 9.97 Å². The predicted molar refractivity (Wildman–Crippen MR) is 80.0 cm³/mol. The third-order valence-corrected chi connectivity index (χ3v) is 3.79. The summed E-state index contributed by atoms with van der Waals surface area (Å²) in [6, 6.07) is 5.75. The van der Waals surface area contributed by atoms with Crippen LogP contribution in [0.5, 0.6) is 0 Å². The van der Waals surface area contributed by atoms with E-state index in [1.807, 2.05) is 6.07 Å². The summed E-state index contributed by atoms with van der Waals surface area (Å²) >= 11 is 6.01. The number of benzene rings is 1. The van der Waals surface area contributed by atoms with Crippen molar-refractivity contribution < 1.29 is 9.90 Å². The molecular weight excluding hydrogens is 304 g/mol. The van der Waals surface area contributed by atoms with E-state index in [0.29, 0.717) is 29.4 Å². The highest BCUT2D eigenvalue weighted by molar-refractivity contribution is 6.30. The molecule has 1 atom stereocenters. The van der Waals surface area contributed by atoms with Gasteiger partial charge in [-0.2, -0.15) is 5.26 Å². The summed E-state index contributed by atoms with van der Waals surface area (Å²) < 4.78 is 0. The number of carbonyl (C=O) groups is 1. The van der Waals surface area contributed by atoms with Crippen LogP contribution in [0.1, 0.15) is 27.0 Å². The fourth-order valence-electron chi connectivity index (χ4n) is 2.60. The number of nitrogens with zero attached hydrogens (tertiary/aromatic N) is 3. The van der Waals surface area contributed by atoms with Gasteiger partial charge in [-0.1, -0.05) is 11.6 Å². The second-order valence-corrected chi connectivity index (χ2v) is 5.49. The van der Waals surface area contributed by atoms with Gasteiger partial charge in [0.15, 0.2) is 0 Å². The number of aromatic nitrogens is 2. The molecule has 7 heteroatoms. The van der Waals surface area contributed by atoms with E-state index < -0.39 is 5.97 Å². The zero-order chi connectivity index (χ0) is 15.7. The van der Waals surface area contributed by atoms with Gasteiger partial charge in [0.05, 0.1) is 17.2 Å². The molecule has 0 fully saturated rings. The number of aromatic carboxylic acids is 1. The number of hydrogen-bond acceptors (Lipinski definition) is 5. The van der Waals surface area contributed by atoms with Crippen molar-refractivity contribution in [3.8, 4) is 6.07 Å². The first-order valence-corrected chi connectivity index (χ1v) is 6.98. The van der Waals surface area contributed by atoms with Gasteiger partial charge in [-0.05, 0) is 36.1 Å². The van der Waals surface area contributed by atoms with Gasteiger partial charge in [0.25, 0.3) is 0 Å². The smallest absolute Gasteiger partial charge is 0.338 e. The van der Waals surface area contributed by atoms with Crippen LogP contribution in [0, 0.1) is 11.3 Å². The van der Waals surface area contributed by atoms with Crippen LogP contribution < -0.4 is 5.32 Å². The quantitative estimate of drug-likeness (QED) is 0.901. The average Bonchev–Trinajstić information content (AvgIpc) is 2.89. The molecule has 1 unspecified atom stereocenters. The third kappa shape index (κ3) is 2.71. The molecule has 1 aliphatic rings. The largest absolute Gasteiger partial charge is 0.478 e. The van der Waals surface area contributed by atoms with Gasteiger partial charge in [-0.15, -0.1) is 0 Å². The van der Waals surface area contributed by atoms with E-state index in [2.05, 4.69) is 21.4 Å². The standard InChI is InChI=1S/C15H11ClN4O2/c16-11-1-8-3-12(4-13(8)9(2-11)5-17)20-15-18-6-10(7-19-15)14(21)22/h1-2,6-7,12H,3-4H2,(H,21,22)(H,18,19,20). The van der Waals surface area contributed by atoms with Crippen molar-refractivity contribution in [1.29, 1.82) is 5.26 Å². The normalized spacial score (nSPS) is 15.9. The van der Waals surface area contributed by atoms with Crippen molar-refractivity contribution in [3.05, 3.63) is 51.8 Å². The maximum Gasteiger partial charge on any atom is 0.338 e. The maximum atomic E-state index is 10.8. The molecule has 0 amide bonds. The first-order valence-electron chi connectivity index (χ1n) is 6.60. The van der Waals surface area contributed by atoms with Crippen LogP contribution in [0.15, 0.2) is 24.5 Å². The molecule has 1 aliphatic carbocycles. The summed E-state index contributed by atoms with van der Waals surface area (Å²) in [5.41, 5.74) is 2.67. The SMILES string of the molecule is N#Cc1cc(Cl)cc2c1CC(Nc1ncc(C(=O)O)cn1)C2. The molecule has 0 saturated carbocycles. The summed E-state index contributed by atoms with van der Waals surface area (Å²) in [5.74, 6) is -0.694. The molecule has 0 spiro atoms. The molecular formula is C15H11ClN4O2. The molecule has 1 heterocycles. The highest BCUT2D eigenvalue weighted by atomic mass is 35.5. The van der Waals surface area contributed by atoms with E-state index in [0.717, 1.165) is 11.1 Å². The van der Waals surface area contributed by atoms with Crippen LogP contribution in [-0.2, 0) is 12.8 Å². The molecule has 22 heavy (non-hydrogen) atoms. The van der Waals surface area contributed by atoms with Gasteiger partial charge in [0.1, 0.15) is 0 Å². The van der Waals surface area contributed by atoms with Crippen molar-refractivity contribution >= 4 is 23.5 Å². The number of nitrogens with one attached hydrogen (secondary N) is 1. The van der Waals surface area contributed by atoms with Crippen LogP contribution >= 0.6 is 11.6 Å². The maximum absolute atomic E-state index is 10.8. The Balaban J connectivity index is 1.76. The molecule has 1 aromatic heterocycles. The Morgan fingerprint density at radius 1 is 1.36 bits per heavy atom. The molecule has 110 valence electrons. The number of halogens is 1. The van der Waals surface area contributed by atoms with Crippen molar-refractivity contribution in [2.24, 2.45) is 0 Å². The lowest BCUT2D eigenvalue weighted by molar-refractivity contribution is 0.0696. The van der Waals surface area contributed by atoms with E-state index in [1.165, 1.54) is 12.4 Å². The first kappa shape index (κ1) is 14.3. The fraction of sp³-hybridized carbons (Fsp3) is 0.200. The molecule has 1 aromatic carbocycles. The molecule has 0 bridgehead atoms. The van der Waals surface area contributed by atoms with E-state index in [1.54, 1.807) is 6.07 Å². The minimum Gasteiger partial charge on any atom is -0.478 e. The first-order chi connectivity index (χ1) is 10.6. The molecule has 0 aliphatic heterocycles. The van der Waals surface area contributed by atoms with Gasteiger partial charge in [0, 0.05) is 23.5 Å². The lowest BCUT2D eigenvalue weighted by atomic mass is 10.0. The highest BCUT2D eigenvalue weighted by Crippen LogP contribution is 2.29. The number of carboxylic acids is 1. The Hall–Kier alpha value is -2.65. The summed E-state index contributed by atoms with van der Waals surface area (Å²) in [7, 11) is 0. The second kappa shape index (κ2) is 5.62. The fourth-order valence-corrected chi connectivity index (χ4v) is 2.84. The predicted octanol–water partition coefficient (Wildman–Crippen LogP) is 2.28. The minimum atomic E-state index is -1.06. The molecule has 3 rings (SSSR count). The van der Waals surface area contributed by atoms with E-state index >= 15 is 0 Å². The van der Waals surface area contributed by atoms with Gasteiger partial charge >= 0.3 is 5.97 Å². The highest BCUT2D eigenvalue weighted by Gasteiger charge is 2.25. The lowest BCUT2D eigenvalue weighted by Gasteiger charge is -2.11. The Kier molecular flexibility index (Phi) is 3.65. The van der Waals surface area contributed by atoms with Crippen molar-refractivity contribution in [2.45, 2.75) is 18.9 Å². The topological polar surface area (TPSA) is 98.9 Å². The number of anilines is 1. The van der Waals surface area contributed by atoms with E-state index in [-0.39, 0.29) is 11.6 Å². The Bertz CT molecular complexity index is 783. The summed E-state index contributed by atoms with van der Waals surface area (Å²) in [6.45, 7) is 0. The summed E-state index contributed by atoms with van der Waals surface area (Å²) in [5, 5.41) is 21.7. The van der Waals surface area contributed by atoms with E-state index in [9.17, 15) is 10.1 Å². The number of fused-ring (bicyclic) bond motifs is 1. The van der Waals surface area contributed by atoms with Gasteiger partial charge in [0.2, 0.25) is 5.95 Å². The third-order valence-electron chi connectivity index (χ3n) is 3.58. The van der Waals surface area contributed by atoms with Crippen LogP contribution in [-0.4, -0.2) is 27.1 Å². The van der Waals surface area contributed by atoms with Gasteiger partial charge < -0.3 is 10.4 Å². The Labute approximate surface area is 131 Å². The molecule has 2 aromatic rings. The monoisotopic (exact) mass is 314 g/mol. The molecule has 6 nitrogen and oxygen atoms in total. The lowest BCUT2D eigenvalue weighted by Crippen LogP contribution is -2.21. The van der Waals surface area contributed by atoms with Gasteiger partial charge in [-0.25, -0.2) is 14.8 Å². The number of rotatable bonds is 3. The Morgan fingerprint density at radius 2 is 2.09 bits per heavy atom. The number of carboxylic acid groups (broad SMARTS) is 1. The zero-order valence-corrected chi connectivity index (χ0v) is 12.1. The molecule has 0 radical (unpaired) electrons. The minimum absolute atomic E-state index is 0.0406. The van der Waals surface area contributed by atoms with Crippen LogP contribution in [0.25, 0.3) is 0 Å². The average molecular weight is 315 g/mol. The second-order valence-electron chi connectivity index (χ2n) is 5.05.